The Labute approximate surface area is 136 Å². The highest BCUT2D eigenvalue weighted by molar-refractivity contribution is 6.01. The number of hydrogen-bond donors (Lipinski definition) is 0. The molecule has 2 aliphatic carbocycles. The quantitative estimate of drug-likeness (QED) is 0.649. The van der Waals surface area contributed by atoms with Gasteiger partial charge < -0.3 is 0 Å². The van der Waals surface area contributed by atoms with Gasteiger partial charge in [-0.25, -0.2) is 0 Å². The Morgan fingerprint density at radius 2 is 2.00 bits per heavy atom. The molecule has 3 aliphatic heterocycles. The summed E-state index contributed by atoms with van der Waals surface area (Å²) in [6.07, 6.45) is 19.6. The third kappa shape index (κ3) is 2.14. The lowest BCUT2D eigenvalue weighted by Gasteiger charge is -2.36. The molecule has 23 heavy (non-hydrogen) atoms. The van der Waals surface area contributed by atoms with E-state index >= 15 is 0 Å². The van der Waals surface area contributed by atoms with E-state index in [9.17, 15) is 0 Å². The van der Waals surface area contributed by atoms with Crippen molar-refractivity contribution >= 4 is 17.6 Å². The van der Waals surface area contributed by atoms with Crippen LogP contribution in [-0.2, 0) is 0 Å². The first-order valence-corrected chi connectivity index (χ1v) is 8.51. The van der Waals surface area contributed by atoms with Gasteiger partial charge in [0, 0.05) is 30.0 Å². The monoisotopic (exact) mass is 301 g/mol. The topological polar surface area (TPSA) is 37.1 Å². The van der Waals surface area contributed by atoms with Gasteiger partial charge in [0.25, 0.3) is 0 Å². The van der Waals surface area contributed by atoms with Crippen molar-refractivity contribution in [1.82, 2.24) is 0 Å². The lowest BCUT2D eigenvalue weighted by Crippen LogP contribution is -2.33. The number of rotatable bonds is 0. The normalized spacial score (nSPS) is 34.6. The highest BCUT2D eigenvalue weighted by Gasteiger charge is 2.36. The first-order chi connectivity index (χ1) is 11.4. The summed E-state index contributed by atoms with van der Waals surface area (Å²) in [5, 5.41) is 0. The summed E-state index contributed by atoms with van der Waals surface area (Å²) in [5.41, 5.74) is 7.61. The van der Waals surface area contributed by atoms with Gasteiger partial charge >= 0.3 is 0 Å². The molecule has 0 saturated heterocycles. The van der Waals surface area contributed by atoms with Crippen molar-refractivity contribution in [3.05, 3.63) is 59.0 Å². The van der Waals surface area contributed by atoms with Crippen LogP contribution in [0.4, 0.5) is 0 Å². The van der Waals surface area contributed by atoms with Gasteiger partial charge in [0.2, 0.25) is 0 Å². The molecule has 0 radical (unpaired) electrons. The van der Waals surface area contributed by atoms with Crippen molar-refractivity contribution in [3.8, 4) is 0 Å². The minimum Gasteiger partial charge on any atom is -0.293 e. The first kappa shape index (κ1) is 13.2. The van der Waals surface area contributed by atoms with E-state index in [-0.39, 0.29) is 5.92 Å². The average Bonchev–Trinajstić information content (AvgIpc) is 2.59. The van der Waals surface area contributed by atoms with Crippen LogP contribution in [0, 0.1) is 11.8 Å². The summed E-state index contributed by atoms with van der Waals surface area (Å²) in [7, 11) is 0. The maximum absolute atomic E-state index is 5.05. The van der Waals surface area contributed by atoms with E-state index in [1.807, 2.05) is 6.21 Å². The highest BCUT2D eigenvalue weighted by Crippen LogP contribution is 2.42. The van der Waals surface area contributed by atoms with Gasteiger partial charge in [0.15, 0.2) is 0 Å². The predicted molar refractivity (Wildman–Crippen MR) is 95.1 cm³/mol. The van der Waals surface area contributed by atoms with E-state index < -0.39 is 0 Å². The summed E-state index contributed by atoms with van der Waals surface area (Å²) in [4.78, 5) is 14.6. The van der Waals surface area contributed by atoms with Crippen LogP contribution in [0.2, 0.25) is 0 Å². The summed E-state index contributed by atoms with van der Waals surface area (Å²) in [5.74, 6) is 0.682. The Balaban J connectivity index is 1.72. The smallest absolute Gasteiger partial charge is 0.0652 e. The molecule has 0 saturated carbocycles. The zero-order valence-corrected chi connectivity index (χ0v) is 13.1. The summed E-state index contributed by atoms with van der Waals surface area (Å²) in [6.45, 7) is 0.704. The van der Waals surface area contributed by atoms with Crippen molar-refractivity contribution in [1.29, 1.82) is 0 Å². The molecule has 5 rings (SSSR count). The van der Waals surface area contributed by atoms with Gasteiger partial charge in [-0.1, -0.05) is 24.3 Å². The van der Waals surface area contributed by atoms with Crippen LogP contribution in [0.25, 0.3) is 0 Å². The van der Waals surface area contributed by atoms with Gasteiger partial charge in [-0.15, -0.1) is 0 Å². The standard InChI is InChI=1S/C20H19N3/c1-3-14-5-7-16-9-11-21-12-10-17-8-6-15-4-2-13(1)18(19(14)22-16)20(15)23-17/h1-3,6,8,10-11,15,18H,4-5,7,9,12H2/b17-10-,21-11+. The molecule has 114 valence electrons. The molecule has 0 amide bonds. The molecule has 0 aromatic rings. The molecule has 3 nitrogen and oxygen atoms in total. The molecular formula is C20H19N3. The van der Waals surface area contributed by atoms with Crippen molar-refractivity contribution < 1.29 is 0 Å². The molecule has 0 fully saturated rings. The maximum atomic E-state index is 5.05. The number of allylic oxidation sites excluding steroid dienone is 7. The summed E-state index contributed by atoms with van der Waals surface area (Å²) < 4.78 is 0. The fourth-order valence-corrected chi connectivity index (χ4v) is 4.05. The van der Waals surface area contributed by atoms with Crippen molar-refractivity contribution in [2.45, 2.75) is 25.7 Å². The van der Waals surface area contributed by atoms with E-state index in [1.54, 1.807) is 0 Å². The van der Waals surface area contributed by atoms with Crippen LogP contribution in [0.1, 0.15) is 25.7 Å². The molecule has 4 bridgehead atoms. The fraction of sp³-hybridized carbons (Fsp3) is 0.350. The van der Waals surface area contributed by atoms with Crippen LogP contribution in [-0.4, -0.2) is 24.2 Å². The Bertz CT molecular complexity index is 812. The van der Waals surface area contributed by atoms with Crippen LogP contribution in [0.15, 0.2) is 74.0 Å². The zero-order valence-electron chi connectivity index (χ0n) is 13.1. The summed E-state index contributed by atoms with van der Waals surface area (Å²) >= 11 is 0. The Morgan fingerprint density at radius 3 is 3.00 bits per heavy atom. The molecule has 0 aromatic heterocycles. The van der Waals surface area contributed by atoms with Crippen LogP contribution in [0.3, 0.4) is 0 Å². The van der Waals surface area contributed by atoms with Crippen molar-refractivity contribution in [2.24, 2.45) is 26.8 Å². The molecule has 3 heteroatoms. The molecule has 0 N–H and O–H groups in total. The van der Waals surface area contributed by atoms with E-state index in [4.69, 9.17) is 9.98 Å². The molecule has 2 unspecified atom stereocenters. The first-order valence-electron chi connectivity index (χ1n) is 8.51. The largest absolute Gasteiger partial charge is 0.293 e. The second-order valence-corrected chi connectivity index (χ2v) is 6.68. The van der Waals surface area contributed by atoms with E-state index in [0.717, 1.165) is 31.4 Å². The Hall–Kier alpha value is -2.29. The van der Waals surface area contributed by atoms with Gasteiger partial charge in [-0.3, -0.25) is 15.0 Å². The van der Waals surface area contributed by atoms with E-state index in [1.165, 1.54) is 28.3 Å². The Kier molecular flexibility index (Phi) is 2.93. The molecule has 2 atom stereocenters. The number of fused-ring (bicyclic) bond motifs is 1. The van der Waals surface area contributed by atoms with Crippen molar-refractivity contribution in [3.63, 3.8) is 0 Å². The minimum atomic E-state index is 0.258. The summed E-state index contributed by atoms with van der Waals surface area (Å²) in [6, 6.07) is 0. The SMILES string of the molecule is C1=CC2=C3N=C(C/C=N/C/C=C4/C=CC5CC=C1C3C5=N4)CC2. The van der Waals surface area contributed by atoms with Gasteiger partial charge in [-0.05, 0) is 42.6 Å². The lowest BCUT2D eigenvalue weighted by molar-refractivity contribution is 0.728. The number of hydrogen-bond acceptors (Lipinski definition) is 3. The Morgan fingerprint density at radius 1 is 1.00 bits per heavy atom. The molecule has 0 aromatic carbocycles. The maximum Gasteiger partial charge on any atom is 0.0652 e. The lowest BCUT2D eigenvalue weighted by atomic mass is 9.72. The van der Waals surface area contributed by atoms with Crippen LogP contribution >= 0.6 is 0 Å². The molecule has 0 spiro atoms. The molecular weight excluding hydrogens is 282 g/mol. The van der Waals surface area contributed by atoms with Gasteiger partial charge in [0.05, 0.1) is 23.9 Å². The van der Waals surface area contributed by atoms with E-state index in [0.29, 0.717) is 12.5 Å². The van der Waals surface area contributed by atoms with Gasteiger partial charge in [-0.2, -0.15) is 0 Å². The second-order valence-electron chi connectivity index (χ2n) is 6.68. The zero-order chi connectivity index (χ0) is 15.2. The molecule has 5 aliphatic rings. The van der Waals surface area contributed by atoms with E-state index in [2.05, 4.69) is 41.4 Å². The minimum absolute atomic E-state index is 0.258. The fourth-order valence-electron chi connectivity index (χ4n) is 4.05. The number of aliphatic imine (C=N–C) groups is 3. The average molecular weight is 301 g/mol. The number of nitrogens with zero attached hydrogens (tertiary/aromatic N) is 3. The second kappa shape index (κ2) is 5.12. The third-order valence-corrected chi connectivity index (χ3v) is 5.28. The molecule has 3 heterocycles. The number of dihydropyridines is 1. The predicted octanol–water partition coefficient (Wildman–Crippen LogP) is 3.98. The van der Waals surface area contributed by atoms with Crippen LogP contribution in [0.5, 0.6) is 0 Å². The van der Waals surface area contributed by atoms with Crippen LogP contribution < -0.4 is 0 Å². The van der Waals surface area contributed by atoms with Gasteiger partial charge in [0.1, 0.15) is 0 Å². The van der Waals surface area contributed by atoms with Crippen molar-refractivity contribution in [2.75, 3.05) is 6.54 Å². The third-order valence-electron chi connectivity index (χ3n) is 5.28. The highest BCUT2D eigenvalue weighted by atomic mass is 14.9.